The molecule has 1 aliphatic rings. The maximum absolute atomic E-state index is 10.6. The van der Waals surface area contributed by atoms with Gasteiger partial charge >= 0.3 is 12.1 Å². The van der Waals surface area contributed by atoms with Gasteiger partial charge in [0, 0.05) is 13.1 Å². The van der Waals surface area contributed by atoms with Crippen molar-refractivity contribution in [2.24, 2.45) is 5.73 Å². The summed E-state index contributed by atoms with van der Waals surface area (Å²) in [5.41, 5.74) is 4.96. The van der Waals surface area contributed by atoms with E-state index in [4.69, 9.17) is 20.4 Å². The number of morpholine rings is 1. The van der Waals surface area contributed by atoms with E-state index in [1.54, 1.807) is 0 Å². The number of carbonyl (C=O) groups is 2. The molecule has 16 heavy (non-hydrogen) atoms. The van der Waals surface area contributed by atoms with Crippen molar-refractivity contribution in [3.63, 3.8) is 0 Å². The molecule has 0 aromatic rings. The number of nitrogens with two attached hydrogens (primary N) is 1. The maximum atomic E-state index is 10.6. The van der Waals surface area contributed by atoms with Crippen LogP contribution in [0.5, 0.6) is 0 Å². The summed E-state index contributed by atoms with van der Waals surface area (Å²) in [6.45, 7) is 1.94. The standard InChI is InChI=1S/C5H10N2O2.C2HF3O2/c6-5(8)4-3-7-1-2-9-4;3-2(4,5)1(6)7/h4,7H,1-3H2,(H2,6,8);(H,6,7). The van der Waals surface area contributed by atoms with Crippen LogP contribution in [0.4, 0.5) is 13.2 Å². The van der Waals surface area contributed by atoms with Crippen molar-refractivity contribution in [3.8, 4) is 0 Å². The first-order valence-electron chi connectivity index (χ1n) is 4.17. The van der Waals surface area contributed by atoms with Gasteiger partial charge in [0.1, 0.15) is 6.10 Å². The van der Waals surface area contributed by atoms with Gasteiger partial charge in [-0.3, -0.25) is 4.79 Å². The number of carboxylic acid groups (broad SMARTS) is 1. The molecular formula is C7H11F3N2O4. The Balaban J connectivity index is 0.000000293. The molecule has 0 aromatic carbocycles. The van der Waals surface area contributed by atoms with Gasteiger partial charge in [-0.05, 0) is 0 Å². The molecule has 0 radical (unpaired) electrons. The van der Waals surface area contributed by atoms with Gasteiger partial charge in [-0.15, -0.1) is 0 Å². The van der Waals surface area contributed by atoms with Crippen molar-refractivity contribution >= 4 is 11.9 Å². The molecular weight excluding hydrogens is 233 g/mol. The molecule has 1 rings (SSSR count). The number of hydrogen-bond donors (Lipinski definition) is 3. The number of carboxylic acids is 1. The normalized spacial score (nSPS) is 20.6. The Labute approximate surface area is 88.5 Å². The van der Waals surface area contributed by atoms with Crippen LogP contribution in [0.25, 0.3) is 0 Å². The highest BCUT2D eigenvalue weighted by Gasteiger charge is 2.38. The third kappa shape index (κ3) is 6.19. The molecule has 1 aliphatic heterocycles. The third-order valence-corrected chi connectivity index (χ3v) is 1.49. The SMILES string of the molecule is NC(=O)C1CNCCO1.O=C(O)C(F)(F)F. The fraction of sp³-hybridized carbons (Fsp3) is 0.714. The summed E-state index contributed by atoms with van der Waals surface area (Å²) in [5.74, 6) is -3.14. The van der Waals surface area contributed by atoms with Crippen LogP contribution in [0, 0.1) is 0 Å². The van der Waals surface area contributed by atoms with Crippen LogP contribution >= 0.6 is 0 Å². The van der Waals surface area contributed by atoms with Crippen LogP contribution in [0.15, 0.2) is 0 Å². The van der Waals surface area contributed by atoms with Gasteiger partial charge in [0.2, 0.25) is 5.91 Å². The van der Waals surface area contributed by atoms with E-state index in [-0.39, 0.29) is 5.91 Å². The number of rotatable bonds is 1. The zero-order chi connectivity index (χ0) is 12.8. The first-order chi connectivity index (χ1) is 7.25. The van der Waals surface area contributed by atoms with E-state index in [0.717, 1.165) is 6.54 Å². The molecule has 0 aliphatic carbocycles. The molecule has 1 fully saturated rings. The van der Waals surface area contributed by atoms with Crippen molar-refractivity contribution in [2.45, 2.75) is 12.3 Å². The first-order valence-corrected chi connectivity index (χ1v) is 4.17. The van der Waals surface area contributed by atoms with Crippen LogP contribution in [0.3, 0.4) is 0 Å². The predicted molar refractivity (Wildman–Crippen MR) is 45.5 cm³/mol. The smallest absolute Gasteiger partial charge is 0.475 e. The van der Waals surface area contributed by atoms with Gasteiger partial charge in [0.05, 0.1) is 6.61 Å². The highest BCUT2D eigenvalue weighted by molar-refractivity contribution is 5.79. The Morgan fingerprint density at radius 3 is 2.12 bits per heavy atom. The molecule has 4 N–H and O–H groups in total. The number of hydrogen-bond acceptors (Lipinski definition) is 4. The summed E-state index contributed by atoms with van der Waals surface area (Å²) in [5, 5.41) is 10.1. The lowest BCUT2D eigenvalue weighted by molar-refractivity contribution is -0.192. The molecule has 0 saturated carbocycles. The molecule has 6 nitrogen and oxygen atoms in total. The summed E-state index contributed by atoms with van der Waals surface area (Å²) >= 11 is 0. The molecule has 94 valence electrons. The minimum absolute atomic E-state index is 0.387. The monoisotopic (exact) mass is 244 g/mol. The average molecular weight is 244 g/mol. The largest absolute Gasteiger partial charge is 0.490 e. The number of alkyl halides is 3. The van der Waals surface area contributed by atoms with E-state index < -0.39 is 18.2 Å². The topological polar surface area (TPSA) is 102 Å². The van der Waals surface area contributed by atoms with Gasteiger partial charge in [0.15, 0.2) is 0 Å². The molecule has 0 spiro atoms. The zero-order valence-corrected chi connectivity index (χ0v) is 8.08. The highest BCUT2D eigenvalue weighted by atomic mass is 19.4. The number of nitrogens with one attached hydrogen (secondary N) is 1. The number of carbonyl (C=O) groups excluding carboxylic acids is 1. The summed E-state index contributed by atoms with van der Waals surface area (Å²) in [6.07, 6.45) is -5.50. The third-order valence-electron chi connectivity index (χ3n) is 1.49. The van der Waals surface area contributed by atoms with E-state index >= 15 is 0 Å². The molecule has 0 aromatic heterocycles. The second kappa shape index (κ2) is 6.28. The number of amides is 1. The maximum Gasteiger partial charge on any atom is 0.490 e. The quantitative estimate of drug-likeness (QED) is 0.554. The highest BCUT2D eigenvalue weighted by Crippen LogP contribution is 2.13. The minimum Gasteiger partial charge on any atom is -0.475 e. The molecule has 1 heterocycles. The van der Waals surface area contributed by atoms with E-state index in [2.05, 4.69) is 5.32 Å². The van der Waals surface area contributed by atoms with Gasteiger partial charge < -0.3 is 20.9 Å². The predicted octanol–water partition coefficient (Wildman–Crippen LogP) is -0.907. The van der Waals surface area contributed by atoms with Crippen LogP contribution in [0.2, 0.25) is 0 Å². The lowest BCUT2D eigenvalue weighted by Crippen LogP contribution is -2.45. The fourth-order valence-corrected chi connectivity index (χ4v) is 0.748. The second-order valence-corrected chi connectivity index (χ2v) is 2.77. The molecule has 0 bridgehead atoms. The molecule has 1 unspecified atom stereocenters. The molecule has 9 heteroatoms. The zero-order valence-electron chi connectivity index (χ0n) is 8.08. The lowest BCUT2D eigenvalue weighted by Gasteiger charge is -2.20. The van der Waals surface area contributed by atoms with E-state index in [1.165, 1.54) is 0 Å². The fourth-order valence-electron chi connectivity index (χ4n) is 0.748. The van der Waals surface area contributed by atoms with Crippen molar-refractivity contribution in [3.05, 3.63) is 0 Å². The van der Waals surface area contributed by atoms with Crippen molar-refractivity contribution in [2.75, 3.05) is 19.7 Å². The van der Waals surface area contributed by atoms with Gasteiger partial charge in [0.25, 0.3) is 0 Å². The first kappa shape index (κ1) is 14.6. The minimum atomic E-state index is -5.08. The van der Waals surface area contributed by atoms with Crippen LogP contribution in [-0.2, 0) is 14.3 Å². The van der Waals surface area contributed by atoms with Crippen molar-refractivity contribution < 1.29 is 32.6 Å². The summed E-state index contributed by atoms with van der Waals surface area (Å²) in [4.78, 5) is 19.3. The van der Waals surface area contributed by atoms with E-state index in [0.29, 0.717) is 13.2 Å². The average Bonchev–Trinajstić information content (AvgIpc) is 2.18. The summed E-state index contributed by atoms with van der Waals surface area (Å²) in [6, 6.07) is 0. The summed E-state index contributed by atoms with van der Waals surface area (Å²) in [7, 11) is 0. The van der Waals surface area contributed by atoms with Crippen molar-refractivity contribution in [1.82, 2.24) is 5.32 Å². The molecule has 1 saturated heterocycles. The van der Waals surface area contributed by atoms with Crippen LogP contribution in [0.1, 0.15) is 0 Å². The van der Waals surface area contributed by atoms with Gasteiger partial charge in [-0.25, -0.2) is 4.79 Å². The van der Waals surface area contributed by atoms with Crippen LogP contribution in [-0.4, -0.2) is 49.0 Å². The van der Waals surface area contributed by atoms with Gasteiger partial charge in [-0.2, -0.15) is 13.2 Å². The molecule has 1 amide bonds. The second-order valence-electron chi connectivity index (χ2n) is 2.77. The Morgan fingerprint density at radius 2 is 1.94 bits per heavy atom. The van der Waals surface area contributed by atoms with E-state index in [9.17, 15) is 18.0 Å². The molecule has 1 atom stereocenters. The Kier molecular flexibility index (Phi) is 5.75. The number of primary amides is 1. The Hall–Kier alpha value is -1.35. The lowest BCUT2D eigenvalue weighted by atomic mass is 10.3. The summed E-state index contributed by atoms with van der Waals surface area (Å²) < 4.78 is 36.7. The van der Waals surface area contributed by atoms with Crippen molar-refractivity contribution in [1.29, 1.82) is 0 Å². The van der Waals surface area contributed by atoms with Gasteiger partial charge in [-0.1, -0.05) is 0 Å². The Bertz CT molecular complexity index is 251. The number of aliphatic carboxylic acids is 1. The number of halogens is 3. The Morgan fingerprint density at radius 1 is 1.44 bits per heavy atom. The van der Waals surface area contributed by atoms with Crippen LogP contribution < -0.4 is 11.1 Å². The van der Waals surface area contributed by atoms with E-state index in [1.807, 2.05) is 0 Å². The number of ether oxygens (including phenoxy) is 1.